The van der Waals surface area contributed by atoms with Gasteiger partial charge in [-0.1, -0.05) is 38.6 Å². The van der Waals surface area contributed by atoms with Crippen molar-refractivity contribution in [2.24, 2.45) is 5.41 Å². The average molecular weight is 850 g/mol. The summed E-state index contributed by atoms with van der Waals surface area (Å²) < 4.78 is 62.0. The number of nitrogens with zero attached hydrogens (tertiary/aromatic N) is 4. The Morgan fingerprint density at radius 2 is 1.78 bits per heavy atom. The fourth-order valence-electron chi connectivity index (χ4n) is 4.54. The van der Waals surface area contributed by atoms with Crippen molar-refractivity contribution in [3.05, 3.63) is 24.8 Å². The van der Waals surface area contributed by atoms with E-state index in [-0.39, 0.29) is 41.6 Å². The van der Waals surface area contributed by atoms with Gasteiger partial charge in [-0.15, -0.1) is 0 Å². The molecule has 28 heteroatoms. The molecule has 0 aromatic carbocycles. The third-order valence-electron chi connectivity index (χ3n) is 7.24. The molecule has 24 nitrogen and oxygen atoms in total. The van der Waals surface area contributed by atoms with E-state index in [0.717, 1.165) is 29.0 Å². The number of ether oxygens (including phenoxy) is 1. The largest absolute Gasteiger partial charge is 0.481 e. The smallest absolute Gasteiger partial charge is 0.386 e. The number of phosphoric acid groups is 3. The Kier molecular flexibility index (Phi) is 16.4. The van der Waals surface area contributed by atoms with Gasteiger partial charge < -0.3 is 50.9 Å². The van der Waals surface area contributed by atoms with Gasteiger partial charge >= 0.3 is 23.5 Å². The van der Waals surface area contributed by atoms with Gasteiger partial charge in [-0.05, 0) is 12.5 Å². The van der Waals surface area contributed by atoms with Crippen LogP contribution in [0.4, 0.5) is 5.82 Å². The molecule has 1 fully saturated rings. The molecule has 0 bridgehead atoms. The van der Waals surface area contributed by atoms with E-state index in [1.54, 1.807) is 6.08 Å². The van der Waals surface area contributed by atoms with Gasteiger partial charge in [0.25, 0.3) is 0 Å². The number of hydrogen-bond acceptors (Lipinski definition) is 18. The van der Waals surface area contributed by atoms with Crippen molar-refractivity contribution in [3.8, 4) is 0 Å². The Labute approximate surface area is 311 Å². The summed E-state index contributed by atoms with van der Waals surface area (Å²) in [6, 6.07) is 0. The zero-order chi connectivity index (χ0) is 40.5. The molecule has 3 rings (SSSR count). The molecule has 3 heterocycles. The number of thioether (sulfide) groups is 1. The van der Waals surface area contributed by atoms with Crippen LogP contribution in [0.2, 0.25) is 0 Å². The number of carbonyl (C=O) groups excluding carboxylic acids is 3. The minimum Gasteiger partial charge on any atom is -0.386 e. The molecule has 0 spiro atoms. The number of nitrogens with two attached hydrogens (primary N) is 1. The third-order valence-corrected chi connectivity index (χ3v) is 11.2. The molecule has 0 aliphatic carbocycles. The second kappa shape index (κ2) is 19.4. The zero-order valence-electron chi connectivity index (χ0n) is 28.9. The van der Waals surface area contributed by atoms with E-state index in [9.17, 15) is 57.9 Å². The van der Waals surface area contributed by atoms with Crippen LogP contribution < -0.4 is 16.4 Å². The maximum Gasteiger partial charge on any atom is 0.481 e. The summed E-state index contributed by atoms with van der Waals surface area (Å²) in [5, 5.41) is 26.1. The molecule has 1 aliphatic heterocycles. The van der Waals surface area contributed by atoms with Crippen LogP contribution in [0.1, 0.15) is 39.8 Å². The fraction of sp³-hybridized carbons (Fsp3) is 0.615. The van der Waals surface area contributed by atoms with Crippen LogP contribution in [0.5, 0.6) is 0 Å². The number of fused-ring (bicyclic) bond motifs is 1. The maximum atomic E-state index is 12.6. The van der Waals surface area contributed by atoms with Crippen molar-refractivity contribution in [3.63, 3.8) is 0 Å². The molecule has 2 aromatic rings. The number of amides is 2. The Morgan fingerprint density at radius 1 is 1.09 bits per heavy atom. The van der Waals surface area contributed by atoms with Crippen molar-refractivity contribution < 1.29 is 80.5 Å². The number of nitrogens with one attached hydrogen (secondary N) is 2. The van der Waals surface area contributed by atoms with Crippen LogP contribution in [-0.4, -0.2) is 123 Å². The number of imidazole rings is 1. The summed E-state index contributed by atoms with van der Waals surface area (Å²) in [5.41, 5.74) is 4.26. The second-order valence-corrected chi connectivity index (χ2v) is 17.4. The first-order valence-corrected chi connectivity index (χ1v) is 21.3. The topological polar surface area (TPSA) is 364 Å². The summed E-state index contributed by atoms with van der Waals surface area (Å²) in [7, 11) is -16.4. The lowest BCUT2D eigenvalue weighted by Gasteiger charge is -2.30. The van der Waals surface area contributed by atoms with E-state index < -0.39 is 84.6 Å². The second-order valence-electron chi connectivity index (χ2n) is 12.0. The molecule has 10 N–H and O–H groups in total. The summed E-state index contributed by atoms with van der Waals surface area (Å²) in [5.74, 6) is -1.13. The molecule has 0 saturated carbocycles. The Bertz CT molecular complexity index is 1810. The van der Waals surface area contributed by atoms with E-state index in [0.29, 0.717) is 12.2 Å². The number of rotatable bonds is 21. The quantitative estimate of drug-likeness (QED) is 0.0439. The zero-order valence-corrected chi connectivity index (χ0v) is 32.4. The number of phosphoric ester groups is 3. The molecular formula is C26H42N7O17P3S. The molecule has 2 aromatic heterocycles. The van der Waals surface area contributed by atoms with Crippen LogP contribution in [0.25, 0.3) is 11.2 Å². The fourth-order valence-corrected chi connectivity index (χ4v) is 7.97. The van der Waals surface area contributed by atoms with Crippen molar-refractivity contribution in [2.75, 3.05) is 37.8 Å². The van der Waals surface area contributed by atoms with Gasteiger partial charge in [0.05, 0.1) is 19.5 Å². The van der Waals surface area contributed by atoms with Gasteiger partial charge in [-0.3, -0.25) is 32.5 Å². The Morgan fingerprint density at radius 3 is 2.44 bits per heavy atom. The van der Waals surface area contributed by atoms with Crippen molar-refractivity contribution in [1.82, 2.24) is 30.2 Å². The molecule has 54 heavy (non-hydrogen) atoms. The number of hydrogen-bond donors (Lipinski definition) is 9. The van der Waals surface area contributed by atoms with Gasteiger partial charge in [-0.25, -0.2) is 28.6 Å². The predicted molar refractivity (Wildman–Crippen MR) is 187 cm³/mol. The lowest BCUT2D eigenvalue weighted by molar-refractivity contribution is -0.137. The minimum atomic E-state index is -5.57. The minimum absolute atomic E-state index is 0.0303. The highest BCUT2D eigenvalue weighted by Gasteiger charge is 2.50. The van der Waals surface area contributed by atoms with Crippen molar-refractivity contribution >= 4 is 69.1 Å². The first kappa shape index (κ1) is 45.7. The van der Waals surface area contributed by atoms with Crippen molar-refractivity contribution in [2.45, 2.75) is 64.3 Å². The molecule has 304 valence electrons. The number of aromatic nitrogens is 4. The highest BCUT2D eigenvalue weighted by Crippen LogP contribution is 2.61. The van der Waals surface area contributed by atoms with Crippen LogP contribution >= 0.6 is 35.2 Å². The van der Waals surface area contributed by atoms with Gasteiger partial charge in [0, 0.05) is 30.7 Å². The van der Waals surface area contributed by atoms with Gasteiger partial charge in [0.15, 0.2) is 17.7 Å². The summed E-state index contributed by atoms with van der Waals surface area (Å²) in [6.45, 7) is 2.37. The average Bonchev–Trinajstić information content (AvgIpc) is 3.63. The molecule has 2 unspecified atom stereocenters. The number of allylic oxidation sites excluding steroid dienone is 1. The number of anilines is 1. The first-order chi connectivity index (χ1) is 25.1. The van der Waals surface area contributed by atoms with E-state index in [1.807, 2.05) is 6.92 Å². The van der Waals surface area contributed by atoms with Crippen LogP contribution in [0.3, 0.4) is 0 Å². The molecule has 1 saturated heterocycles. The summed E-state index contributed by atoms with van der Waals surface area (Å²) in [4.78, 5) is 86.9. The lowest BCUT2D eigenvalue weighted by atomic mass is 9.87. The molecule has 1 aliphatic rings. The van der Waals surface area contributed by atoms with Crippen LogP contribution in [0.15, 0.2) is 24.8 Å². The standard InChI is InChI=1S/C26H42N7O17P3S/c1-4-5-6-17(35)54-10-9-28-16(34)7-8-29-24(38)21(37)26(2,3)12-47-53(44,45)50-52(42,43)46-11-15-20(49-51(39,40)41)19(36)25(48-15)33-14-32-18-22(27)30-13-31-23(18)33/h5-6,13-15,19-21,25,36-37H,4,7-12H2,1-3H3,(H,28,34)(H,29,38)(H,42,43)(H,44,45)(H2,27,30,31)(H2,39,40,41)/b6-5+/t15-,19-,20-,21+,25-/m1/s1. The molecule has 7 atom stereocenters. The van der Waals surface area contributed by atoms with Gasteiger partial charge in [0.1, 0.15) is 36.3 Å². The first-order valence-electron chi connectivity index (χ1n) is 15.8. The lowest BCUT2D eigenvalue weighted by Crippen LogP contribution is -2.46. The van der Waals surface area contributed by atoms with E-state index in [2.05, 4.69) is 34.4 Å². The number of nitrogen functional groups attached to an aromatic ring is 1. The summed E-state index contributed by atoms with van der Waals surface area (Å²) >= 11 is 1.02. The molecule has 2 amide bonds. The number of aliphatic hydroxyl groups is 2. The van der Waals surface area contributed by atoms with E-state index >= 15 is 0 Å². The maximum absolute atomic E-state index is 12.6. The third kappa shape index (κ3) is 13.8. The van der Waals surface area contributed by atoms with Gasteiger partial charge in [0.2, 0.25) is 16.9 Å². The van der Waals surface area contributed by atoms with Gasteiger partial charge in [-0.2, -0.15) is 4.31 Å². The SMILES string of the molecule is CC/C=C/C(=O)SCCNC(=O)CCNC(=O)[C@H](O)C(C)(C)COP(=O)(O)OP(=O)(O)OC[C@H]1O[C@@H](n2cnc3c(N)ncnc32)[C@H](O)[C@@H]1OP(=O)(O)O. The van der Waals surface area contributed by atoms with E-state index in [1.165, 1.54) is 19.9 Å². The highest BCUT2D eigenvalue weighted by molar-refractivity contribution is 8.14. The van der Waals surface area contributed by atoms with Crippen LogP contribution in [0, 0.1) is 5.41 Å². The van der Waals surface area contributed by atoms with E-state index in [4.69, 9.17) is 19.5 Å². The Balaban J connectivity index is 1.51. The normalized spacial score (nSPS) is 22.2. The molecule has 0 radical (unpaired) electrons. The Hall–Kier alpha value is -2.70. The predicted octanol–water partition coefficient (Wildman–Crippen LogP) is -0.369. The monoisotopic (exact) mass is 849 g/mol. The summed E-state index contributed by atoms with van der Waals surface area (Å²) in [6.07, 6.45) is -3.04. The molecular weight excluding hydrogens is 807 g/mol. The number of carbonyl (C=O) groups is 3. The van der Waals surface area contributed by atoms with Crippen molar-refractivity contribution in [1.29, 1.82) is 0 Å². The van der Waals surface area contributed by atoms with Crippen LogP contribution in [-0.2, 0) is 50.7 Å². The number of aliphatic hydroxyl groups excluding tert-OH is 2. The highest BCUT2D eigenvalue weighted by atomic mass is 32.2.